The van der Waals surface area contributed by atoms with Crippen LogP contribution in [0.4, 0.5) is 5.69 Å². The number of hydrogen-bond acceptors (Lipinski definition) is 4. The molecule has 22 heavy (non-hydrogen) atoms. The van der Waals surface area contributed by atoms with Crippen LogP contribution < -0.4 is 14.4 Å². The highest BCUT2D eigenvalue weighted by Crippen LogP contribution is 2.35. The third-order valence-corrected chi connectivity index (χ3v) is 3.69. The van der Waals surface area contributed by atoms with Gasteiger partial charge in [0, 0.05) is 43.0 Å². The number of pyridine rings is 1. The molecule has 1 aromatic carbocycles. The molecule has 6 heteroatoms. The van der Waals surface area contributed by atoms with E-state index in [1.807, 2.05) is 22.9 Å². The highest BCUT2D eigenvalue weighted by Gasteiger charge is 2.18. The Kier molecular flexibility index (Phi) is 2.75. The van der Waals surface area contributed by atoms with Gasteiger partial charge in [0.1, 0.15) is 5.65 Å². The maximum absolute atomic E-state index is 12.6. The molecule has 0 saturated heterocycles. The maximum Gasteiger partial charge on any atom is 0.258 e. The molecule has 3 aromatic rings. The summed E-state index contributed by atoms with van der Waals surface area (Å²) in [5.74, 6) is 1.24. The van der Waals surface area contributed by atoms with Crippen LogP contribution in [0.25, 0.3) is 5.65 Å². The van der Waals surface area contributed by atoms with Crippen LogP contribution in [0, 0.1) is 0 Å². The molecule has 0 N–H and O–H groups in total. The first-order valence-electron chi connectivity index (χ1n) is 6.83. The Morgan fingerprint density at radius 1 is 1.18 bits per heavy atom. The Bertz CT molecular complexity index is 872. The van der Waals surface area contributed by atoms with Crippen LogP contribution in [0.15, 0.2) is 48.9 Å². The molecule has 0 atom stereocenters. The molecule has 0 spiro atoms. The molecule has 4 rings (SSSR count). The van der Waals surface area contributed by atoms with Gasteiger partial charge in [0.25, 0.3) is 5.91 Å². The van der Waals surface area contributed by atoms with Gasteiger partial charge >= 0.3 is 0 Å². The summed E-state index contributed by atoms with van der Waals surface area (Å²) in [6.07, 6.45) is 5.36. The molecule has 0 radical (unpaired) electrons. The summed E-state index contributed by atoms with van der Waals surface area (Å²) >= 11 is 0. The number of hydrogen-bond donors (Lipinski definition) is 0. The van der Waals surface area contributed by atoms with E-state index in [1.165, 1.54) is 0 Å². The summed E-state index contributed by atoms with van der Waals surface area (Å²) in [5.41, 5.74) is 2.07. The zero-order valence-electron chi connectivity index (χ0n) is 11.9. The smallest absolute Gasteiger partial charge is 0.258 e. The molecule has 110 valence electrons. The van der Waals surface area contributed by atoms with Crippen LogP contribution in [-0.4, -0.2) is 29.1 Å². The Balaban J connectivity index is 1.66. The monoisotopic (exact) mass is 295 g/mol. The van der Waals surface area contributed by atoms with E-state index in [9.17, 15) is 4.79 Å². The number of rotatable bonds is 2. The molecule has 6 nitrogen and oxygen atoms in total. The predicted octanol–water partition coefficient (Wildman–Crippen LogP) is 2.34. The summed E-state index contributed by atoms with van der Waals surface area (Å²) < 4.78 is 12.5. The number of nitrogens with zero attached hydrogens (tertiary/aromatic N) is 3. The zero-order valence-corrected chi connectivity index (χ0v) is 11.9. The number of ether oxygens (including phenoxy) is 2. The first kappa shape index (κ1) is 12.7. The van der Waals surface area contributed by atoms with E-state index in [0.717, 1.165) is 11.3 Å². The van der Waals surface area contributed by atoms with E-state index in [-0.39, 0.29) is 12.7 Å². The van der Waals surface area contributed by atoms with Crippen molar-refractivity contribution in [3.05, 3.63) is 54.5 Å². The average Bonchev–Trinajstić information content (AvgIpc) is 3.20. The van der Waals surface area contributed by atoms with Gasteiger partial charge in [0.15, 0.2) is 11.5 Å². The fourth-order valence-corrected chi connectivity index (χ4v) is 2.45. The number of fused-ring (bicyclic) bond motifs is 2. The normalized spacial score (nSPS) is 12.6. The summed E-state index contributed by atoms with van der Waals surface area (Å²) in [5, 5.41) is 0. The summed E-state index contributed by atoms with van der Waals surface area (Å²) in [4.78, 5) is 18.4. The van der Waals surface area contributed by atoms with Crippen molar-refractivity contribution >= 4 is 17.2 Å². The number of aromatic nitrogens is 2. The molecule has 1 aliphatic heterocycles. The third-order valence-electron chi connectivity index (χ3n) is 3.69. The lowest BCUT2D eigenvalue weighted by Gasteiger charge is -2.17. The number of benzene rings is 1. The Labute approximate surface area is 126 Å². The fourth-order valence-electron chi connectivity index (χ4n) is 2.45. The minimum atomic E-state index is -0.107. The number of carbonyl (C=O) groups excluding carboxylic acids is 1. The molecule has 0 fully saturated rings. The second-order valence-electron chi connectivity index (χ2n) is 5.01. The van der Waals surface area contributed by atoms with Gasteiger partial charge in [0.05, 0.1) is 0 Å². The Morgan fingerprint density at radius 2 is 2.05 bits per heavy atom. The van der Waals surface area contributed by atoms with Crippen LogP contribution in [0.2, 0.25) is 0 Å². The first-order valence-corrected chi connectivity index (χ1v) is 6.83. The Hall–Kier alpha value is -3.02. The molecule has 0 aliphatic carbocycles. The maximum atomic E-state index is 12.6. The van der Waals surface area contributed by atoms with Crippen LogP contribution in [0.3, 0.4) is 0 Å². The van der Waals surface area contributed by atoms with Crippen LogP contribution in [-0.2, 0) is 0 Å². The van der Waals surface area contributed by atoms with Gasteiger partial charge in [-0.25, -0.2) is 4.98 Å². The van der Waals surface area contributed by atoms with Gasteiger partial charge in [-0.05, 0) is 24.3 Å². The largest absolute Gasteiger partial charge is 0.454 e. The molecule has 0 bridgehead atoms. The number of amides is 1. The molecule has 3 heterocycles. The van der Waals surface area contributed by atoms with Gasteiger partial charge in [-0.3, -0.25) is 4.79 Å². The van der Waals surface area contributed by atoms with Crippen molar-refractivity contribution in [2.24, 2.45) is 0 Å². The molecule has 0 unspecified atom stereocenters. The van der Waals surface area contributed by atoms with E-state index < -0.39 is 0 Å². The predicted molar refractivity (Wildman–Crippen MR) is 80.5 cm³/mol. The lowest BCUT2D eigenvalue weighted by atomic mass is 10.2. The van der Waals surface area contributed by atoms with Crippen molar-refractivity contribution in [3.8, 4) is 11.5 Å². The molecular formula is C16H13N3O3. The molecule has 1 aliphatic rings. The van der Waals surface area contributed by atoms with Crippen LogP contribution in [0.5, 0.6) is 11.5 Å². The summed E-state index contributed by atoms with van der Waals surface area (Å²) in [6, 6.07) is 8.99. The lowest BCUT2D eigenvalue weighted by Crippen LogP contribution is -2.26. The first-order chi connectivity index (χ1) is 10.7. The highest BCUT2D eigenvalue weighted by molar-refractivity contribution is 6.06. The Morgan fingerprint density at radius 3 is 2.95 bits per heavy atom. The second-order valence-corrected chi connectivity index (χ2v) is 5.01. The van der Waals surface area contributed by atoms with Crippen molar-refractivity contribution in [2.75, 3.05) is 18.7 Å². The van der Waals surface area contributed by atoms with E-state index in [0.29, 0.717) is 17.1 Å². The van der Waals surface area contributed by atoms with Gasteiger partial charge in [-0.1, -0.05) is 0 Å². The van der Waals surface area contributed by atoms with E-state index in [1.54, 1.807) is 42.4 Å². The van der Waals surface area contributed by atoms with Gasteiger partial charge < -0.3 is 18.8 Å². The van der Waals surface area contributed by atoms with Crippen molar-refractivity contribution in [2.45, 2.75) is 0 Å². The minimum absolute atomic E-state index is 0.107. The SMILES string of the molecule is CN(C(=O)c1ccn2ccnc2c1)c1ccc2c(c1)OCO2. The van der Waals surface area contributed by atoms with Gasteiger partial charge in [-0.15, -0.1) is 0 Å². The summed E-state index contributed by atoms with van der Waals surface area (Å²) in [7, 11) is 1.73. The van der Waals surface area contributed by atoms with E-state index >= 15 is 0 Å². The number of anilines is 1. The van der Waals surface area contributed by atoms with Gasteiger partial charge in [-0.2, -0.15) is 0 Å². The van der Waals surface area contributed by atoms with Crippen LogP contribution in [0.1, 0.15) is 10.4 Å². The van der Waals surface area contributed by atoms with Crippen molar-refractivity contribution in [1.29, 1.82) is 0 Å². The molecule has 1 amide bonds. The van der Waals surface area contributed by atoms with Crippen molar-refractivity contribution in [1.82, 2.24) is 9.38 Å². The average molecular weight is 295 g/mol. The van der Waals surface area contributed by atoms with Crippen LogP contribution >= 0.6 is 0 Å². The zero-order chi connectivity index (χ0) is 15.1. The molecular weight excluding hydrogens is 282 g/mol. The minimum Gasteiger partial charge on any atom is -0.454 e. The topological polar surface area (TPSA) is 56.1 Å². The van der Waals surface area contributed by atoms with Gasteiger partial charge in [0.2, 0.25) is 6.79 Å². The third kappa shape index (κ3) is 1.96. The number of imidazole rings is 1. The summed E-state index contributed by atoms with van der Waals surface area (Å²) in [6.45, 7) is 0.215. The van der Waals surface area contributed by atoms with Crippen molar-refractivity contribution < 1.29 is 14.3 Å². The highest BCUT2D eigenvalue weighted by atomic mass is 16.7. The lowest BCUT2D eigenvalue weighted by molar-refractivity contribution is 0.0993. The molecule has 0 saturated carbocycles. The van der Waals surface area contributed by atoms with E-state index in [2.05, 4.69) is 4.98 Å². The number of carbonyl (C=O) groups is 1. The molecule has 2 aromatic heterocycles. The fraction of sp³-hybridized carbons (Fsp3) is 0.125. The standard InChI is InChI=1S/C16H13N3O3/c1-18(12-2-3-13-14(9-12)22-10-21-13)16(20)11-4-6-19-7-5-17-15(19)8-11/h2-9H,10H2,1H3. The van der Waals surface area contributed by atoms with Crippen molar-refractivity contribution in [3.63, 3.8) is 0 Å². The van der Waals surface area contributed by atoms with E-state index in [4.69, 9.17) is 9.47 Å². The second kappa shape index (κ2) is 4.77. The quantitative estimate of drug-likeness (QED) is 0.728.